The molecule has 0 fully saturated rings. The van der Waals surface area contributed by atoms with E-state index in [1.165, 1.54) is 25.1 Å². The minimum absolute atomic E-state index is 0.174. The Kier molecular flexibility index (Phi) is 5.60. The van der Waals surface area contributed by atoms with Crippen molar-refractivity contribution in [3.63, 3.8) is 0 Å². The second kappa shape index (κ2) is 7.52. The zero-order chi connectivity index (χ0) is 19.5. The molecule has 2 aromatic rings. The maximum Gasteiger partial charge on any atom is 0.433 e. The molecule has 0 aliphatic heterocycles. The van der Waals surface area contributed by atoms with E-state index in [0.29, 0.717) is 6.07 Å². The first kappa shape index (κ1) is 19.4. The van der Waals surface area contributed by atoms with Gasteiger partial charge in [0, 0.05) is 23.9 Å². The minimum atomic E-state index is -4.71. The quantitative estimate of drug-likeness (QED) is 0.528. The molecule has 0 unspecified atom stereocenters. The van der Waals surface area contributed by atoms with Crippen molar-refractivity contribution >= 4 is 23.1 Å². The van der Waals surface area contributed by atoms with Crippen LogP contribution in [0, 0.1) is 17.0 Å². The summed E-state index contributed by atoms with van der Waals surface area (Å²) in [5, 5.41) is 25.2. The molecule has 1 aromatic carbocycles. The third-order valence-electron chi connectivity index (χ3n) is 3.43. The number of nitrogens with zero attached hydrogens (tertiary/aromatic N) is 3. The van der Waals surface area contributed by atoms with Crippen molar-refractivity contribution in [3.05, 3.63) is 45.6 Å². The third-order valence-corrected chi connectivity index (χ3v) is 3.43. The zero-order valence-corrected chi connectivity index (χ0v) is 13.8. The Bertz CT molecular complexity index is 814. The molecule has 26 heavy (non-hydrogen) atoms. The van der Waals surface area contributed by atoms with Gasteiger partial charge in [-0.15, -0.1) is 0 Å². The SMILES string of the molecule is Cc1c(Nc2cc(C(F)(F)F)nc(N[C@@H](C)CO)n2)cccc1[N+](=O)[O-]. The summed E-state index contributed by atoms with van der Waals surface area (Å²) in [5.74, 6) is -0.518. The standard InChI is InChI=1S/C15H16F3N5O3/c1-8(7-24)19-14-21-12(15(16,17)18)6-13(22-14)20-10-4-3-5-11(9(10)2)23(25)26/h3-6,8,24H,7H2,1-2H3,(H2,19,20,21,22)/t8-/m0/s1. The molecule has 3 N–H and O–H groups in total. The molecule has 2 rings (SSSR count). The van der Waals surface area contributed by atoms with E-state index >= 15 is 0 Å². The molecule has 0 spiro atoms. The highest BCUT2D eigenvalue weighted by molar-refractivity contribution is 5.66. The molecule has 0 saturated carbocycles. The summed E-state index contributed by atoms with van der Waals surface area (Å²) < 4.78 is 39.2. The molecule has 0 bridgehead atoms. The van der Waals surface area contributed by atoms with Crippen LogP contribution in [0.2, 0.25) is 0 Å². The maximum absolute atomic E-state index is 13.1. The zero-order valence-electron chi connectivity index (χ0n) is 13.8. The number of alkyl halides is 3. The molecule has 1 atom stereocenters. The van der Waals surface area contributed by atoms with Crippen LogP contribution in [-0.4, -0.2) is 32.6 Å². The number of nitro groups is 1. The highest BCUT2D eigenvalue weighted by Gasteiger charge is 2.34. The number of aliphatic hydroxyl groups is 1. The van der Waals surface area contributed by atoms with Crippen LogP contribution >= 0.6 is 0 Å². The fraction of sp³-hybridized carbons (Fsp3) is 0.333. The Morgan fingerprint density at radius 1 is 1.35 bits per heavy atom. The first-order valence-corrected chi connectivity index (χ1v) is 7.46. The highest BCUT2D eigenvalue weighted by Crippen LogP contribution is 2.32. The second-order valence-corrected chi connectivity index (χ2v) is 5.52. The van der Waals surface area contributed by atoms with E-state index in [2.05, 4.69) is 20.6 Å². The molecular formula is C15H16F3N5O3. The van der Waals surface area contributed by atoms with Gasteiger partial charge >= 0.3 is 6.18 Å². The maximum atomic E-state index is 13.1. The predicted octanol–water partition coefficient (Wildman–Crippen LogP) is 3.25. The summed E-state index contributed by atoms with van der Waals surface area (Å²) in [7, 11) is 0. The number of anilines is 3. The first-order valence-electron chi connectivity index (χ1n) is 7.46. The fourth-order valence-electron chi connectivity index (χ4n) is 2.08. The number of hydrogen-bond acceptors (Lipinski definition) is 7. The molecule has 8 nitrogen and oxygen atoms in total. The van der Waals surface area contributed by atoms with Crippen LogP contribution in [0.15, 0.2) is 24.3 Å². The smallest absolute Gasteiger partial charge is 0.394 e. The predicted molar refractivity (Wildman–Crippen MR) is 88.3 cm³/mol. The van der Waals surface area contributed by atoms with E-state index in [9.17, 15) is 23.3 Å². The molecule has 1 heterocycles. The average molecular weight is 371 g/mol. The van der Waals surface area contributed by atoms with E-state index < -0.39 is 22.8 Å². The van der Waals surface area contributed by atoms with Crippen LogP contribution in [0.3, 0.4) is 0 Å². The van der Waals surface area contributed by atoms with Crippen LogP contribution in [0.4, 0.5) is 36.3 Å². The number of aliphatic hydroxyl groups excluding tert-OH is 1. The Hall–Kier alpha value is -2.95. The summed E-state index contributed by atoms with van der Waals surface area (Å²) in [6.07, 6.45) is -4.71. The summed E-state index contributed by atoms with van der Waals surface area (Å²) in [5.41, 5.74) is -0.867. The van der Waals surface area contributed by atoms with Crippen molar-refractivity contribution in [2.24, 2.45) is 0 Å². The van der Waals surface area contributed by atoms with E-state index in [1.807, 2.05) is 0 Å². The normalized spacial score (nSPS) is 12.5. The molecule has 1 aromatic heterocycles. The van der Waals surface area contributed by atoms with Crippen molar-refractivity contribution in [2.75, 3.05) is 17.2 Å². The number of halogens is 3. The Balaban J connectivity index is 2.44. The van der Waals surface area contributed by atoms with E-state index in [1.54, 1.807) is 6.92 Å². The number of nitro benzene ring substituents is 1. The van der Waals surface area contributed by atoms with Gasteiger partial charge in [-0.05, 0) is 19.9 Å². The molecular weight excluding hydrogens is 355 g/mol. The van der Waals surface area contributed by atoms with Crippen molar-refractivity contribution in [1.29, 1.82) is 0 Å². The van der Waals surface area contributed by atoms with Crippen molar-refractivity contribution in [1.82, 2.24) is 9.97 Å². The van der Waals surface area contributed by atoms with Gasteiger partial charge in [-0.2, -0.15) is 18.2 Å². The lowest BCUT2D eigenvalue weighted by Crippen LogP contribution is -2.22. The van der Waals surface area contributed by atoms with Crippen LogP contribution in [0.25, 0.3) is 0 Å². The Morgan fingerprint density at radius 2 is 2.04 bits per heavy atom. The lowest BCUT2D eigenvalue weighted by molar-refractivity contribution is -0.385. The van der Waals surface area contributed by atoms with Crippen LogP contribution in [0.1, 0.15) is 18.2 Å². The van der Waals surface area contributed by atoms with Gasteiger partial charge in [0.05, 0.1) is 17.1 Å². The van der Waals surface area contributed by atoms with Crippen LogP contribution < -0.4 is 10.6 Å². The fourth-order valence-corrected chi connectivity index (χ4v) is 2.08. The summed E-state index contributed by atoms with van der Waals surface area (Å²) >= 11 is 0. The van der Waals surface area contributed by atoms with Crippen molar-refractivity contribution in [3.8, 4) is 0 Å². The summed E-state index contributed by atoms with van der Waals surface area (Å²) in [6, 6.07) is 4.32. The number of hydrogen-bond donors (Lipinski definition) is 3. The topological polar surface area (TPSA) is 113 Å². The molecule has 0 amide bonds. The molecule has 0 saturated heterocycles. The van der Waals surface area contributed by atoms with Gasteiger partial charge in [0.2, 0.25) is 5.95 Å². The Morgan fingerprint density at radius 3 is 2.62 bits per heavy atom. The van der Waals surface area contributed by atoms with Gasteiger partial charge < -0.3 is 15.7 Å². The van der Waals surface area contributed by atoms with E-state index in [4.69, 9.17) is 5.11 Å². The highest BCUT2D eigenvalue weighted by atomic mass is 19.4. The van der Waals surface area contributed by atoms with E-state index in [0.717, 1.165) is 0 Å². The number of rotatable bonds is 6. The molecule has 140 valence electrons. The van der Waals surface area contributed by atoms with Gasteiger partial charge in [-0.3, -0.25) is 10.1 Å². The number of aromatic nitrogens is 2. The van der Waals surface area contributed by atoms with Gasteiger partial charge in [0.1, 0.15) is 5.82 Å². The summed E-state index contributed by atoms with van der Waals surface area (Å²) in [4.78, 5) is 17.7. The van der Waals surface area contributed by atoms with Crippen LogP contribution in [0.5, 0.6) is 0 Å². The molecule has 11 heteroatoms. The Labute approximate surface area is 146 Å². The first-order chi connectivity index (χ1) is 12.1. The van der Waals surface area contributed by atoms with Gasteiger partial charge in [0.25, 0.3) is 5.69 Å². The molecule has 0 aliphatic rings. The van der Waals surface area contributed by atoms with Crippen LogP contribution in [-0.2, 0) is 6.18 Å². The van der Waals surface area contributed by atoms with Crippen molar-refractivity contribution in [2.45, 2.75) is 26.1 Å². The third kappa shape index (κ3) is 4.57. The molecule has 0 aliphatic carbocycles. The summed E-state index contributed by atoms with van der Waals surface area (Å²) in [6.45, 7) is 2.69. The average Bonchev–Trinajstić information content (AvgIpc) is 2.55. The monoisotopic (exact) mass is 371 g/mol. The second-order valence-electron chi connectivity index (χ2n) is 5.52. The van der Waals surface area contributed by atoms with E-state index in [-0.39, 0.29) is 35.3 Å². The molecule has 0 radical (unpaired) electrons. The van der Waals surface area contributed by atoms with Gasteiger partial charge in [-0.1, -0.05) is 6.07 Å². The van der Waals surface area contributed by atoms with Crippen molar-refractivity contribution < 1.29 is 23.2 Å². The minimum Gasteiger partial charge on any atom is -0.394 e. The van der Waals surface area contributed by atoms with Gasteiger partial charge in [-0.25, -0.2) is 4.98 Å². The lowest BCUT2D eigenvalue weighted by Gasteiger charge is -2.15. The van der Waals surface area contributed by atoms with Gasteiger partial charge in [0.15, 0.2) is 5.69 Å². The lowest BCUT2D eigenvalue weighted by atomic mass is 10.1. The number of nitrogens with one attached hydrogen (secondary N) is 2. The number of benzene rings is 1. The largest absolute Gasteiger partial charge is 0.433 e.